The maximum absolute atomic E-state index is 13.0. The molecule has 0 N–H and O–H groups in total. The largest absolute Gasteiger partial charge is 0.486 e. The van der Waals surface area contributed by atoms with Gasteiger partial charge in [0.15, 0.2) is 0 Å². The van der Waals surface area contributed by atoms with Crippen molar-refractivity contribution in [3.8, 4) is 5.75 Å². The van der Waals surface area contributed by atoms with Gasteiger partial charge in [-0.1, -0.05) is 11.6 Å². The van der Waals surface area contributed by atoms with Crippen LogP contribution in [0.1, 0.15) is 33.7 Å². The molecule has 10 heteroatoms. The first-order chi connectivity index (χ1) is 15.0. The van der Waals surface area contributed by atoms with Gasteiger partial charge in [0.2, 0.25) is 5.71 Å². The van der Waals surface area contributed by atoms with E-state index in [1.54, 1.807) is 38.1 Å². The number of aromatic nitrogens is 3. The molecular weight excluding hydrogens is 442 g/mol. The van der Waals surface area contributed by atoms with Crippen LogP contribution >= 0.6 is 22.9 Å². The highest BCUT2D eigenvalue weighted by Crippen LogP contribution is 2.22. The smallest absolute Gasteiger partial charge is 0.342 e. The van der Waals surface area contributed by atoms with E-state index in [4.69, 9.17) is 25.5 Å². The fourth-order valence-electron chi connectivity index (χ4n) is 3.04. The summed E-state index contributed by atoms with van der Waals surface area (Å²) < 4.78 is 17.6. The summed E-state index contributed by atoms with van der Waals surface area (Å²) in [5.74, 6) is 0.380. The van der Waals surface area contributed by atoms with Gasteiger partial charge in [0.25, 0.3) is 5.56 Å². The molecular formula is C21H18ClN3O5S. The van der Waals surface area contributed by atoms with E-state index in [2.05, 4.69) is 9.97 Å². The van der Waals surface area contributed by atoms with Gasteiger partial charge < -0.3 is 13.9 Å². The molecule has 3 aromatic heterocycles. The summed E-state index contributed by atoms with van der Waals surface area (Å²) in [5.41, 5.74) is 0.508. The lowest BCUT2D eigenvalue weighted by Crippen LogP contribution is -2.22. The Morgan fingerprint density at radius 3 is 2.81 bits per heavy atom. The maximum Gasteiger partial charge on any atom is 0.342 e. The minimum Gasteiger partial charge on any atom is -0.486 e. The summed E-state index contributed by atoms with van der Waals surface area (Å²) in [6.07, 6.45) is 1.38. The molecule has 0 radical (unpaired) electrons. The Bertz CT molecular complexity index is 1290. The Labute approximate surface area is 186 Å². The van der Waals surface area contributed by atoms with Crippen molar-refractivity contribution in [2.75, 3.05) is 6.61 Å². The van der Waals surface area contributed by atoms with Crippen LogP contribution in [0.4, 0.5) is 0 Å². The molecule has 0 atom stereocenters. The number of carbonyl (C=O) groups excluding carboxylic acids is 1. The molecule has 8 nitrogen and oxygen atoms in total. The molecule has 160 valence electrons. The van der Waals surface area contributed by atoms with Crippen LogP contribution in [-0.2, 0) is 17.9 Å². The molecule has 0 amide bonds. The topological polar surface area (TPSA) is 96.4 Å². The highest BCUT2D eigenvalue weighted by molar-refractivity contribution is 7.09. The van der Waals surface area contributed by atoms with E-state index in [0.717, 1.165) is 5.01 Å². The summed E-state index contributed by atoms with van der Waals surface area (Å²) in [6.45, 7) is 3.99. The lowest BCUT2D eigenvalue weighted by atomic mass is 10.2. The molecule has 0 aliphatic carbocycles. The highest BCUT2D eigenvalue weighted by Gasteiger charge is 2.24. The van der Waals surface area contributed by atoms with E-state index < -0.39 is 11.5 Å². The summed E-state index contributed by atoms with van der Waals surface area (Å²) in [4.78, 5) is 34.0. The normalized spacial score (nSPS) is 11.1. The van der Waals surface area contributed by atoms with Crippen LogP contribution in [-0.4, -0.2) is 27.1 Å². The molecule has 0 fully saturated rings. The molecule has 4 aromatic rings. The van der Waals surface area contributed by atoms with Gasteiger partial charge in [0.05, 0.1) is 18.8 Å². The number of thiazole rings is 1. The van der Waals surface area contributed by atoms with E-state index in [1.165, 1.54) is 22.2 Å². The number of aryl methyl sites for hydroxylation is 1. The monoisotopic (exact) mass is 459 g/mol. The zero-order valence-corrected chi connectivity index (χ0v) is 18.3. The molecule has 1 aromatic carbocycles. The van der Waals surface area contributed by atoms with Gasteiger partial charge in [-0.15, -0.1) is 11.3 Å². The summed E-state index contributed by atoms with van der Waals surface area (Å²) in [5, 5.41) is 3.36. The van der Waals surface area contributed by atoms with E-state index in [9.17, 15) is 9.59 Å². The third-order valence-corrected chi connectivity index (χ3v) is 5.57. The molecule has 0 bridgehead atoms. The van der Waals surface area contributed by atoms with Crippen molar-refractivity contribution in [2.45, 2.75) is 27.0 Å². The minimum atomic E-state index is -0.606. The molecule has 3 heterocycles. The number of halogens is 1. The van der Waals surface area contributed by atoms with Crippen LogP contribution in [0.25, 0.3) is 11.1 Å². The first-order valence-electron chi connectivity index (χ1n) is 9.43. The van der Waals surface area contributed by atoms with Gasteiger partial charge in [-0.3, -0.25) is 9.36 Å². The Morgan fingerprint density at radius 1 is 1.29 bits per heavy atom. The van der Waals surface area contributed by atoms with Gasteiger partial charge in [-0.25, -0.2) is 14.8 Å². The van der Waals surface area contributed by atoms with Crippen LogP contribution in [0.3, 0.4) is 0 Å². The van der Waals surface area contributed by atoms with Crippen molar-refractivity contribution in [3.05, 3.63) is 73.4 Å². The second-order valence-electron chi connectivity index (χ2n) is 6.59. The number of nitrogens with zero attached hydrogens (tertiary/aromatic N) is 3. The third kappa shape index (κ3) is 4.47. The molecule has 4 rings (SSSR count). The number of benzene rings is 1. The van der Waals surface area contributed by atoms with Crippen LogP contribution in [0, 0.1) is 6.92 Å². The average Bonchev–Trinajstić information content (AvgIpc) is 3.33. The van der Waals surface area contributed by atoms with Crippen LogP contribution in [0.2, 0.25) is 5.02 Å². The molecule has 0 aliphatic heterocycles. The number of carbonyl (C=O) groups is 1. The first-order valence-corrected chi connectivity index (χ1v) is 10.7. The van der Waals surface area contributed by atoms with Gasteiger partial charge in [0, 0.05) is 10.4 Å². The molecule has 0 spiro atoms. The van der Waals surface area contributed by atoms with E-state index in [1.807, 2.05) is 5.38 Å². The van der Waals surface area contributed by atoms with Crippen molar-refractivity contribution < 1.29 is 18.7 Å². The number of fused-ring (bicyclic) bond motifs is 1. The second-order valence-corrected chi connectivity index (χ2v) is 7.97. The minimum absolute atomic E-state index is 0.108. The predicted molar refractivity (Wildman–Crippen MR) is 116 cm³/mol. The number of ether oxygens (including phenoxy) is 2. The fraction of sp³-hybridized carbons (Fsp3) is 0.238. The molecule has 0 saturated heterocycles. The van der Waals surface area contributed by atoms with E-state index in [0.29, 0.717) is 28.8 Å². The first kappa shape index (κ1) is 21.1. The van der Waals surface area contributed by atoms with Gasteiger partial charge in [-0.05, 0) is 38.1 Å². The van der Waals surface area contributed by atoms with Crippen molar-refractivity contribution in [3.63, 3.8) is 0 Å². The Balaban J connectivity index is 1.54. The Hall–Kier alpha value is -3.17. The lowest BCUT2D eigenvalue weighted by Gasteiger charge is -2.04. The number of hydrogen-bond donors (Lipinski definition) is 0. The maximum atomic E-state index is 13.0. The fourth-order valence-corrected chi connectivity index (χ4v) is 3.86. The average molecular weight is 460 g/mol. The number of rotatable bonds is 7. The lowest BCUT2D eigenvalue weighted by molar-refractivity contribution is 0.0526. The molecule has 0 saturated carbocycles. The zero-order chi connectivity index (χ0) is 22.0. The van der Waals surface area contributed by atoms with Crippen molar-refractivity contribution in [1.82, 2.24) is 14.5 Å². The van der Waals surface area contributed by atoms with Crippen molar-refractivity contribution in [2.24, 2.45) is 0 Å². The van der Waals surface area contributed by atoms with Crippen LogP contribution in [0.5, 0.6) is 5.75 Å². The van der Waals surface area contributed by atoms with Gasteiger partial charge >= 0.3 is 5.97 Å². The number of hydrogen-bond acceptors (Lipinski definition) is 8. The summed E-state index contributed by atoms with van der Waals surface area (Å²) in [6, 6.07) is 7.07. The predicted octanol–water partition coefficient (Wildman–Crippen LogP) is 4.21. The van der Waals surface area contributed by atoms with Crippen LogP contribution in [0.15, 0.2) is 45.2 Å². The standard InChI is InChI=1S/C21H18ClN3O5S/c1-3-28-21(27)17-12(2)30-19-18(17)20(26)25(11-23-19)8-14-10-31-16(24-14)9-29-15-6-4-13(22)5-7-15/h4-7,10-11H,3,8-9H2,1-2H3. The third-order valence-electron chi connectivity index (χ3n) is 4.44. The second kappa shape index (κ2) is 8.91. The quantitative estimate of drug-likeness (QED) is 0.382. The molecule has 0 aliphatic rings. The molecule has 31 heavy (non-hydrogen) atoms. The van der Waals surface area contributed by atoms with Crippen molar-refractivity contribution in [1.29, 1.82) is 0 Å². The van der Waals surface area contributed by atoms with E-state index in [-0.39, 0.29) is 29.8 Å². The summed E-state index contributed by atoms with van der Waals surface area (Å²) in [7, 11) is 0. The number of furan rings is 1. The molecule has 0 unspecified atom stereocenters. The Kier molecular flexibility index (Phi) is 6.06. The SMILES string of the molecule is CCOC(=O)c1c(C)oc2ncn(Cc3csc(COc4ccc(Cl)cc4)n3)c(=O)c12. The van der Waals surface area contributed by atoms with Gasteiger partial charge in [0.1, 0.15) is 40.4 Å². The zero-order valence-electron chi connectivity index (χ0n) is 16.8. The van der Waals surface area contributed by atoms with E-state index >= 15 is 0 Å². The Morgan fingerprint density at radius 2 is 2.06 bits per heavy atom. The van der Waals surface area contributed by atoms with Crippen LogP contribution < -0.4 is 10.3 Å². The highest BCUT2D eigenvalue weighted by atomic mass is 35.5. The number of esters is 1. The summed E-state index contributed by atoms with van der Waals surface area (Å²) >= 11 is 7.30. The van der Waals surface area contributed by atoms with Gasteiger partial charge in [-0.2, -0.15) is 0 Å². The van der Waals surface area contributed by atoms with Crippen molar-refractivity contribution >= 4 is 40.0 Å².